The molecule has 2 atom stereocenters. The highest BCUT2D eigenvalue weighted by Crippen LogP contribution is 2.17. The van der Waals surface area contributed by atoms with E-state index in [4.69, 9.17) is 0 Å². The second kappa shape index (κ2) is 2.84. The van der Waals surface area contributed by atoms with E-state index in [0.717, 1.165) is 0 Å². The van der Waals surface area contributed by atoms with Crippen molar-refractivity contribution in [2.45, 2.75) is 18.8 Å². The van der Waals surface area contributed by atoms with Crippen LogP contribution in [0.4, 0.5) is 8.78 Å². The van der Waals surface area contributed by atoms with Gasteiger partial charge in [0.1, 0.15) is 23.8 Å². The summed E-state index contributed by atoms with van der Waals surface area (Å²) >= 11 is -1.25. The third kappa shape index (κ3) is 2.10. The van der Waals surface area contributed by atoms with Gasteiger partial charge in [-0.1, -0.05) is 0 Å². The molecule has 4 heteroatoms. The topological polar surface area (TPSA) is 23.1 Å². The lowest BCUT2D eigenvalue weighted by Crippen LogP contribution is -2.33. The molecule has 0 spiro atoms. The van der Waals surface area contributed by atoms with Crippen LogP contribution < -0.4 is 0 Å². The lowest BCUT2D eigenvalue weighted by molar-refractivity contribution is 0.237. The molecule has 1 fully saturated rings. The predicted molar refractivity (Wildman–Crippen MR) is 32.3 cm³/mol. The Balaban J connectivity index is 2.34. The normalized spacial score (nSPS) is 45.0. The lowest BCUT2D eigenvalue weighted by atomic mass is 10.2. The van der Waals surface area contributed by atoms with Gasteiger partial charge in [-0.05, 0) is 11.2 Å². The van der Waals surface area contributed by atoms with Gasteiger partial charge in [0.15, 0.2) is 0 Å². The second-order valence-corrected chi connectivity index (χ2v) is 3.75. The van der Waals surface area contributed by atoms with E-state index in [1.54, 1.807) is 0 Å². The van der Waals surface area contributed by atoms with E-state index >= 15 is 0 Å². The smallest absolute Gasteiger partial charge is 0.147 e. The summed E-state index contributed by atoms with van der Waals surface area (Å²) in [6.07, 6.45) is -2.43. The molecule has 0 radical (unpaired) electrons. The molecule has 0 aliphatic carbocycles. The molecule has 0 aromatic rings. The third-order valence-electron chi connectivity index (χ3n) is 1.24. The van der Waals surface area contributed by atoms with Gasteiger partial charge in [0.05, 0.1) is 0 Å². The van der Waals surface area contributed by atoms with Crippen LogP contribution in [0, 0.1) is 0 Å². The molecule has 1 aliphatic rings. The van der Waals surface area contributed by atoms with Crippen molar-refractivity contribution in [3.05, 3.63) is 0 Å². The molecule has 0 N–H and O–H groups in total. The minimum absolute atomic E-state index is 0.0282. The maximum atomic E-state index is 12.3. The zero-order valence-corrected chi connectivity index (χ0v) is 5.66. The van der Waals surface area contributed by atoms with Crippen LogP contribution in [0.1, 0.15) is 6.42 Å². The Hall–Kier alpha value is 0.170. The summed E-state index contributed by atoms with van der Waals surface area (Å²) in [5, 5.41) is 0. The highest BCUT2D eigenvalue weighted by Gasteiger charge is 2.30. The van der Waals surface area contributed by atoms with Crippen molar-refractivity contribution in [1.29, 1.82) is 0 Å². The number of hydrogen-bond donors (Lipinski definition) is 0. The Kier molecular flexibility index (Phi) is 2.29. The zero-order chi connectivity index (χ0) is 6.85. The standard InChI is InChI=1S/C5H8F2OS/c6-4-1-5(7)3-9(8)2-4/h4-5H,1-3H2. The van der Waals surface area contributed by atoms with Gasteiger partial charge in [-0.25, -0.2) is 8.78 Å². The summed E-state index contributed by atoms with van der Waals surface area (Å²) in [6, 6.07) is 0. The van der Waals surface area contributed by atoms with E-state index in [1.165, 1.54) is 0 Å². The van der Waals surface area contributed by atoms with Crippen molar-refractivity contribution in [2.24, 2.45) is 0 Å². The van der Waals surface area contributed by atoms with Crippen molar-refractivity contribution in [3.63, 3.8) is 0 Å². The molecule has 0 amide bonds. The average Bonchev–Trinajstić information content (AvgIpc) is 1.59. The average molecular weight is 154 g/mol. The molecule has 1 aliphatic heterocycles. The molecule has 0 aromatic heterocycles. The maximum absolute atomic E-state index is 12.3. The summed E-state index contributed by atoms with van der Waals surface area (Å²) < 4.78 is 35.0. The summed E-state index contributed by atoms with van der Waals surface area (Å²) in [5.74, 6) is 0.0564. The van der Waals surface area contributed by atoms with Crippen LogP contribution in [0.15, 0.2) is 0 Å². The van der Waals surface area contributed by atoms with Gasteiger partial charge in [-0.2, -0.15) is 0 Å². The van der Waals surface area contributed by atoms with Crippen molar-refractivity contribution >= 4 is 11.2 Å². The Morgan fingerprint density at radius 1 is 1.22 bits per heavy atom. The predicted octanol–water partition coefficient (Wildman–Crippen LogP) is 0.815. The summed E-state index contributed by atoms with van der Waals surface area (Å²) in [6.45, 7) is 0. The van der Waals surface area contributed by atoms with Crippen LogP contribution in [0.3, 0.4) is 0 Å². The van der Waals surface area contributed by atoms with E-state index < -0.39 is 23.5 Å². The van der Waals surface area contributed by atoms with Crippen LogP contribution in [-0.2, 0) is 11.2 Å². The molecule has 0 aromatic carbocycles. The molecular formula is C5H8F2OS. The molecule has 2 unspecified atom stereocenters. The number of alkyl halides is 2. The van der Waals surface area contributed by atoms with E-state index in [-0.39, 0.29) is 17.9 Å². The minimum atomic E-state index is -1.25. The highest BCUT2D eigenvalue weighted by molar-refractivity contribution is 7.91. The molecule has 1 heterocycles. The Morgan fingerprint density at radius 2 is 1.67 bits per heavy atom. The maximum Gasteiger partial charge on any atom is 0.147 e. The summed E-state index contributed by atoms with van der Waals surface area (Å²) in [5.41, 5.74) is 0. The fraction of sp³-hybridized carbons (Fsp3) is 1.00. The molecule has 0 bridgehead atoms. The fourth-order valence-corrected chi connectivity index (χ4v) is 2.10. The van der Waals surface area contributed by atoms with Crippen molar-refractivity contribution in [3.8, 4) is 0 Å². The monoisotopic (exact) mass is 154 g/mol. The second-order valence-electron chi connectivity index (χ2n) is 2.20. The van der Waals surface area contributed by atoms with E-state index in [0.29, 0.717) is 0 Å². The Bertz CT molecular complexity index is 75.9. The van der Waals surface area contributed by atoms with Crippen LogP contribution in [-0.4, -0.2) is 28.4 Å². The first kappa shape index (κ1) is 7.28. The van der Waals surface area contributed by atoms with Gasteiger partial charge in [-0.3, -0.25) is 0 Å². The molecule has 1 saturated heterocycles. The first-order valence-corrected chi connectivity index (χ1v) is 4.30. The molecular weight excluding hydrogens is 146 g/mol. The van der Waals surface area contributed by atoms with Gasteiger partial charge in [-0.15, -0.1) is 0 Å². The first-order chi connectivity index (χ1) is 4.18. The van der Waals surface area contributed by atoms with E-state index in [1.807, 2.05) is 0 Å². The van der Waals surface area contributed by atoms with Crippen molar-refractivity contribution in [2.75, 3.05) is 11.5 Å². The molecule has 1 rings (SSSR count). The van der Waals surface area contributed by atoms with Gasteiger partial charge in [0.25, 0.3) is 0 Å². The Labute approximate surface area is 55.6 Å². The molecule has 1 nitrogen and oxygen atoms in total. The molecule has 0 saturated carbocycles. The first-order valence-electron chi connectivity index (χ1n) is 2.81. The number of hydrogen-bond acceptors (Lipinski definition) is 1. The Morgan fingerprint density at radius 3 is 2.00 bits per heavy atom. The van der Waals surface area contributed by atoms with E-state index in [9.17, 15) is 13.3 Å². The van der Waals surface area contributed by atoms with Crippen molar-refractivity contribution in [1.82, 2.24) is 0 Å². The molecule has 54 valence electrons. The molecule has 9 heavy (non-hydrogen) atoms. The zero-order valence-electron chi connectivity index (χ0n) is 4.85. The highest BCUT2D eigenvalue weighted by atomic mass is 32.2. The van der Waals surface area contributed by atoms with Gasteiger partial charge in [0, 0.05) is 6.42 Å². The summed E-state index contributed by atoms with van der Waals surface area (Å²) in [7, 11) is 0. The quantitative estimate of drug-likeness (QED) is 0.473. The van der Waals surface area contributed by atoms with Gasteiger partial charge in [0.2, 0.25) is 0 Å². The van der Waals surface area contributed by atoms with Gasteiger partial charge >= 0.3 is 0 Å². The minimum Gasteiger partial charge on any atom is -0.616 e. The number of halogens is 2. The number of rotatable bonds is 0. The van der Waals surface area contributed by atoms with Crippen LogP contribution in [0.2, 0.25) is 0 Å². The van der Waals surface area contributed by atoms with Crippen molar-refractivity contribution < 1.29 is 13.3 Å². The largest absolute Gasteiger partial charge is 0.616 e. The van der Waals surface area contributed by atoms with Crippen LogP contribution in [0.5, 0.6) is 0 Å². The lowest BCUT2D eigenvalue weighted by Gasteiger charge is -2.21. The SMILES string of the molecule is [O-][S+]1CC(F)CC(F)C1. The van der Waals surface area contributed by atoms with Crippen LogP contribution in [0.25, 0.3) is 0 Å². The van der Waals surface area contributed by atoms with E-state index in [2.05, 4.69) is 0 Å². The fourth-order valence-electron chi connectivity index (χ4n) is 0.885. The van der Waals surface area contributed by atoms with Gasteiger partial charge < -0.3 is 4.55 Å². The third-order valence-corrected chi connectivity index (χ3v) is 2.71. The van der Waals surface area contributed by atoms with Crippen LogP contribution >= 0.6 is 0 Å². The summed E-state index contributed by atoms with van der Waals surface area (Å²) in [4.78, 5) is 0.